The molecule has 0 saturated heterocycles. The third-order valence-electron chi connectivity index (χ3n) is 6.91. The smallest absolute Gasteiger partial charge is 0.223 e. The van der Waals surface area contributed by atoms with Crippen LogP contribution < -0.4 is 14.8 Å². The molecule has 1 saturated carbocycles. The number of fused-ring (bicyclic) bond motifs is 1. The minimum atomic E-state index is -0.197. The number of benzene rings is 2. The van der Waals surface area contributed by atoms with Gasteiger partial charge in [-0.15, -0.1) is 0 Å². The van der Waals surface area contributed by atoms with Crippen molar-refractivity contribution in [2.75, 3.05) is 0 Å². The summed E-state index contributed by atoms with van der Waals surface area (Å²) in [7, 11) is 0. The number of aryl methyl sites for hydroxylation is 1. The summed E-state index contributed by atoms with van der Waals surface area (Å²) in [6.45, 7) is 2.17. The molecule has 1 aliphatic carbocycles. The molecule has 34 heavy (non-hydrogen) atoms. The molecule has 1 aromatic heterocycles. The van der Waals surface area contributed by atoms with Crippen molar-refractivity contribution in [1.82, 2.24) is 10.5 Å². The molecule has 2 heterocycles. The van der Waals surface area contributed by atoms with E-state index in [0.29, 0.717) is 17.9 Å². The minimum Gasteiger partial charge on any atom is -0.490 e. The molecule has 1 N–H and O–H groups in total. The summed E-state index contributed by atoms with van der Waals surface area (Å²) >= 11 is 0. The number of aromatic nitrogens is 1. The normalized spacial score (nSPS) is 21.9. The van der Waals surface area contributed by atoms with E-state index in [2.05, 4.69) is 16.5 Å². The molecule has 2 aromatic carbocycles. The second-order valence-corrected chi connectivity index (χ2v) is 9.16. The Kier molecular flexibility index (Phi) is 6.52. The van der Waals surface area contributed by atoms with Crippen LogP contribution >= 0.6 is 0 Å². The molecule has 2 aliphatic rings. The molecule has 1 unspecified atom stereocenters. The fourth-order valence-corrected chi connectivity index (χ4v) is 4.92. The van der Waals surface area contributed by atoms with Gasteiger partial charge in [0.2, 0.25) is 5.91 Å². The maximum atomic E-state index is 14.0. The number of rotatable bonds is 6. The SMILES string of the molecule is Cc1c(F)cccc1C1CCc2cc(OC3CCC(C(=O)NCc4ccno4)CC3)ccc2O1. The number of carbonyl (C=O) groups excluding carboxylic acids is 1. The van der Waals surface area contributed by atoms with E-state index in [9.17, 15) is 9.18 Å². The van der Waals surface area contributed by atoms with Crippen LogP contribution in [-0.4, -0.2) is 17.2 Å². The van der Waals surface area contributed by atoms with Crippen LogP contribution in [0, 0.1) is 18.7 Å². The highest BCUT2D eigenvalue weighted by Crippen LogP contribution is 2.38. The van der Waals surface area contributed by atoms with Crippen LogP contribution in [0.2, 0.25) is 0 Å². The second kappa shape index (κ2) is 9.87. The van der Waals surface area contributed by atoms with Gasteiger partial charge in [0.15, 0.2) is 5.76 Å². The van der Waals surface area contributed by atoms with Gasteiger partial charge in [0.25, 0.3) is 0 Å². The Morgan fingerprint density at radius 2 is 2.00 bits per heavy atom. The zero-order valence-corrected chi connectivity index (χ0v) is 19.3. The first-order valence-electron chi connectivity index (χ1n) is 12.0. The lowest BCUT2D eigenvalue weighted by Crippen LogP contribution is -2.35. The van der Waals surface area contributed by atoms with Gasteiger partial charge in [-0.05, 0) is 86.4 Å². The van der Waals surface area contributed by atoms with Crippen LogP contribution in [0.25, 0.3) is 0 Å². The van der Waals surface area contributed by atoms with E-state index in [4.69, 9.17) is 14.0 Å². The van der Waals surface area contributed by atoms with E-state index in [1.54, 1.807) is 25.3 Å². The van der Waals surface area contributed by atoms with Gasteiger partial charge in [-0.2, -0.15) is 0 Å². The zero-order valence-electron chi connectivity index (χ0n) is 19.3. The molecule has 1 aliphatic heterocycles. The van der Waals surface area contributed by atoms with Crippen molar-refractivity contribution in [1.29, 1.82) is 0 Å². The summed E-state index contributed by atoms with van der Waals surface area (Å²) in [6.07, 6.45) is 6.47. The van der Waals surface area contributed by atoms with Crippen molar-refractivity contribution in [2.45, 2.75) is 64.2 Å². The maximum Gasteiger partial charge on any atom is 0.223 e. The fourth-order valence-electron chi connectivity index (χ4n) is 4.92. The van der Waals surface area contributed by atoms with Crippen molar-refractivity contribution < 1.29 is 23.2 Å². The van der Waals surface area contributed by atoms with E-state index in [0.717, 1.165) is 61.2 Å². The Labute approximate surface area is 198 Å². The number of halogens is 1. The number of carbonyl (C=O) groups is 1. The third kappa shape index (κ3) is 4.93. The van der Waals surface area contributed by atoms with E-state index < -0.39 is 0 Å². The Balaban J connectivity index is 1.13. The summed E-state index contributed by atoms with van der Waals surface area (Å²) in [5, 5.41) is 6.58. The molecular formula is C27H29FN2O4. The van der Waals surface area contributed by atoms with Crippen molar-refractivity contribution in [3.8, 4) is 11.5 Å². The van der Waals surface area contributed by atoms with E-state index >= 15 is 0 Å². The van der Waals surface area contributed by atoms with Gasteiger partial charge >= 0.3 is 0 Å². The Bertz CT molecular complexity index is 1140. The molecule has 1 amide bonds. The first-order chi connectivity index (χ1) is 16.6. The van der Waals surface area contributed by atoms with Crippen molar-refractivity contribution in [3.63, 3.8) is 0 Å². The lowest BCUT2D eigenvalue weighted by Gasteiger charge is -2.30. The summed E-state index contributed by atoms with van der Waals surface area (Å²) in [5.74, 6) is 2.18. The van der Waals surface area contributed by atoms with Crippen LogP contribution in [0.3, 0.4) is 0 Å². The number of ether oxygens (including phenoxy) is 2. The minimum absolute atomic E-state index is 0.00270. The van der Waals surface area contributed by atoms with Gasteiger partial charge in [-0.25, -0.2) is 4.39 Å². The molecule has 0 radical (unpaired) electrons. The molecular weight excluding hydrogens is 435 g/mol. The Hall–Kier alpha value is -3.35. The molecule has 1 fully saturated rings. The summed E-state index contributed by atoms with van der Waals surface area (Å²) in [4.78, 5) is 12.4. The predicted octanol–water partition coefficient (Wildman–Crippen LogP) is 5.44. The number of nitrogens with zero attached hydrogens (tertiary/aromatic N) is 1. The number of amides is 1. The van der Waals surface area contributed by atoms with Crippen molar-refractivity contribution in [3.05, 3.63) is 76.9 Å². The summed E-state index contributed by atoms with van der Waals surface area (Å²) in [6, 6.07) is 12.9. The van der Waals surface area contributed by atoms with Crippen molar-refractivity contribution in [2.24, 2.45) is 5.92 Å². The largest absolute Gasteiger partial charge is 0.490 e. The summed E-state index contributed by atoms with van der Waals surface area (Å²) < 4.78 is 31.5. The van der Waals surface area contributed by atoms with E-state index in [-0.39, 0.29) is 29.9 Å². The number of nitrogens with one attached hydrogen (secondary N) is 1. The zero-order chi connectivity index (χ0) is 23.5. The molecule has 7 heteroatoms. The standard InChI is InChI=1S/C27H29FN2O4/c1-17-23(3-2-4-24(17)28)26-11-7-19-15-21(10-12-25(19)33-26)32-20-8-5-18(6-9-20)27(31)29-16-22-13-14-30-34-22/h2-4,10,12-15,18,20,26H,5-9,11,16H2,1H3,(H,29,31). The molecule has 178 valence electrons. The van der Waals surface area contributed by atoms with Crippen LogP contribution in [0.15, 0.2) is 53.2 Å². The molecule has 0 bridgehead atoms. The first kappa shape index (κ1) is 22.4. The number of hydrogen-bond acceptors (Lipinski definition) is 5. The highest BCUT2D eigenvalue weighted by molar-refractivity contribution is 5.78. The molecule has 6 nitrogen and oxygen atoms in total. The van der Waals surface area contributed by atoms with Gasteiger partial charge in [-0.1, -0.05) is 17.3 Å². The van der Waals surface area contributed by atoms with Crippen LogP contribution in [-0.2, 0) is 17.8 Å². The third-order valence-corrected chi connectivity index (χ3v) is 6.91. The fraction of sp³-hybridized carbons (Fsp3) is 0.407. The van der Waals surface area contributed by atoms with Gasteiger partial charge in [-0.3, -0.25) is 4.79 Å². The monoisotopic (exact) mass is 464 g/mol. The molecule has 5 rings (SSSR count). The van der Waals surface area contributed by atoms with E-state index in [1.165, 1.54) is 6.07 Å². The quantitative estimate of drug-likeness (QED) is 0.526. The topological polar surface area (TPSA) is 73.6 Å². The van der Waals surface area contributed by atoms with Crippen LogP contribution in [0.4, 0.5) is 4.39 Å². The Morgan fingerprint density at radius 3 is 2.79 bits per heavy atom. The summed E-state index contributed by atoms with van der Waals surface area (Å²) in [5.41, 5.74) is 2.68. The first-order valence-corrected chi connectivity index (χ1v) is 12.0. The average molecular weight is 465 g/mol. The average Bonchev–Trinajstić information content (AvgIpc) is 3.38. The number of hydrogen-bond donors (Lipinski definition) is 1. The second-order valence-electron chi connectivity index (χ2n) is 9.16. The van der Waals surface area contributed by atoms with Gasteiger partial charge in [0.05, 0.1) is 18.8 Å². The molecule has 3 aromatic rings. The van der Waals surface area contributed by atoms with Gasteiger partial charge in [0.1, 0.15) is 23.4 Å². The maximum absolute atomic E-state index is 14.0. The van der Waals surface area contributed by atoms with Crippen LogP contribution in [0.1, 0.15) is 60.7 Å². The predicted molar refractivity (Wildman–Crippen MR) is 124 cm³/mol. The van der Waals surface area contributed by atoms with Gasteiger partial charge < -0.3 is 19.3 Å². The lowest BCUT2D eigenvalue weighted by molar-refractivity contribution is -0.126. The van der Waals surface area contributed by atoms with Crippen LogP contribution in [0.5, 0.6) is 11.5 Å². The lowest BCUT2D eigenvalue weighted by atomic mass is 9.86. The molecule has 0 spiro atoms. The molecule has 1 atom stereocenters. The van der Waals surface area contributed by atoms with Crippen molar-refractivity contribution >= 4 is 5.91 Å². The van der Waals surface area contributed by atoms with E-state index in [1.807, 2.05) is 18.2 Å². The highest BCUT2D eigenvalue weighted by Gasteiger charge is 2.28. The Morgan fingerprint density at radius 1 is 1.15 bits per heavy atom. The highest BCUT2D eigenvalue weighted by atomic mass is 19.1. The van der Waals surface area contributed by atoms with Gasteiger partial charge in [0, 0.05) is 12.0 Å².